The van der Waals surface area contributed by atoms with Gasteiger partial charge in [0.05, 0.1) is 0 Å². The molecule has 1 heterocycles. The van der Waals surface area contributed by atoms with Gasteiger partial charge in [-0.05, 0) is 45.6 Å². The van der Waals surface area contributed by atoms with E-state index < -0.39 is 10.0 Å². The first-order chi connectivity index (χ1) is 8.95. The largest absolute Gasteiger partial charge is 0.396 e. The van der Waals surface area contributed by atoms with E-state index in [1.165, 1.54) is 11.3 Å². The summed E-state index contributed by atoms with van der Waals surface area (Å²) in [6.45, 7) is 1.46. The van der Waals surface area contributed by atoms with E-state index in [1.807, 2.05) is 14.1 Å². The average Bonchev–Trinajstić information content (AvgIpc) is 2.78. The highest BCUT2D eigenvalue weighted by atomic mass is 32.2. The second-order valence-corrected chi connectivity index (χ2v) is 7.76. The second kappa shape index (κ2) is 7.96. The van der Waals surface area contributed by atoms with Crippen molar-refractivity contribution in [2.45, 2.75) is 23.5 Å². The summed E-state index contributed by atoms with van der Waals surface area (Å²) in [5.41, 5.74) is 0. The molecule has 0 aliphatic rings. The first-order valence-electron chi connectivity index (χ1n) is 6.29. The van der Waals surface area contributed by atoms with Gasteiger partial charge in [-0.2, -0.15) is 0 Å². The molecule has 0 radical (unpaired) electrons. The molecule has 5 nitrogen and oxygen atoms in total. The summed E-state index contributed by atoms with van der Waals surface area (Å²) in [6.07, 6.45) is 2.30. The molecule has 0 saturated heterocycles. The topological polar surface area (TPSA) is 69.6 Å². The standard InChI is InChI=1S/C12H22N2O3S2/c1-14(2)9-4-3-8-13-19(16,17)12-6-5-11(18-12)7-10-15/h5-6,13,15H,3-4,7-10H2,1-2H3. The molecule has 2 N–H and O–H groups in total. The molecule has 7 heteroatoms. The molecule has 0 amide bonds. The van der Waals surface area contributed by atoms with Crippen LogP contribution in [0.3, 0.4) is 0 Å². The number of thiophene rings is 1. The third-order valence-corrected chi connectivity index (χ3v) is 5.68. The van der Waals surface area contributed by atoms with E-state index in [9.17, 15) is 8.42 Å². The van der Waals surface area contributed by atoms with Crippen LogP contribution in [-0.4, -0.2) is 52.2 Å². The highest BCUT2D eigenvalue weighted by molar-refractivity contribution is 7.91. The lowest BCUT2D eigenvalue weighted by atomic mass is 10.3. The molecule has 1 rings (SSSR count). The smallest absolute Gasteiger partial charge is 0.250 e. The Balaban J connectivity index is 2.42. The molecular weight excluding hydrogens is 284 g/mol. The maximum atomic E-state index is 12.0. The second-order valence-electron chi connectivity index (χ2n) is 4.60. The summed E-state index contributed by atoms with van der Waals surface area (Å²) in [5.74, 6) is 0. The SMILES string of the molecule is CN(C)CCCCNS(=O)(=O)c1ccc(CCO)s1. The van der Waals surface area contributed by atoms with Crippen molar-refractivity contribution in [3.63, 3.8) is 0 Å². The molecule has 19 heavy (non-hydrogen) atoms. The number of rotatable bonds is 9. The van der Waals surface area contributed by atoms with Gasteiger partial charge in [-0.15, -0.1) is 11.3 Å². The molecule has 0 aromatic carbocycles. The Morgan fingerprint density at radius 3 is 2.68 bits per heavy atom. The molecule has 0 atom stereocenters. The minimum absolute atomic E-state index is 0.0396. The van der Waals surface area contributed by atoms with Crippen LogP contribution in [0.15, 0.2) is 16.3 Å². The summed E-state index contributed by atoms with van der Waals surface area (Å²) < 4.78 is 26.9. The van der Waals surface area contributed by atoms with Crippen LogP contribution in [0.2, 0.25) is 0 Å². The predicted molar refractivity (Wildman–Crippen MR) is 78.1 cm³/mol. The van der Waals surface area contributed by atoms with Gasteiger partial charge in [0, 0.05) is 24.4 Å². The third kappa shape index (κ3) is 6.01. The van der Waals surface area contributed by atoms with Gasteiger partial charge < -0.3 is 10.0 Å². The number of sulfonamides is 1. The lowest BCUT2D eigenvalue weighted by Gasteiger charge is -2.09. The Morgan fingerprint density at radius 1 is 1.32 bits per heavy atom. The van der Waals surface area contributed by atoms with Crippen molar-refractivity contribution in [1.82, 2.24) is 9.62 Å². The quantitative estimate of drug-likeness (QED) is 0.665. The maximum absolute atomic E-state index is 12.0. The highest BCUT2D eigenvalue weighted by Crippen LogP contribution is 2.21. The van der Waals surface area contributed by atoms with Gasteiger partial charge in [-0.3, -0.25) is 0 Å². The molecule has 0 spiro atoms. The summed E-state index contributed by atoms with van der Waals surface area (Å²) >= 11 is 1.21. The first-order valence-corrected chi connectivity index (χ1v) is 8.59. The van der Waals surface area contributed by atoms with Crippen molar-refractivity contribution in [3.05, 3.63) is 17.0 Å². The number of unbranched alkanes of at least 4 members (excludes halogenated alkanes) is 1. The number of aliphatic hydroxyl groups excluding tert-OH is 1. The van der Waals surface area contributed by atoms with Gasteiger partial charge in [0.1, 0.15) is 4.21 Å². The van der Waals surface area contributed by atoms with Crippen LogP contribution >= 0.6 is 11.3 Å². The lowest BCUT2D eigenvalue weighted by molar-refractivity contribution is 0.300. The Kier molecular flexibility index (Phi) is 6.95. The van der Waals surface area contributed by atoms with E-state index in [2.05, 4.69) is 9.62 Å². The van der Waals surface area contributed by atoms with Gasteiger partial charge in [-0.1, -0.05) is 0 Å². The molecule has 1 aromatic rings. The molecule has 0 fully saturated rings. The Morgan fingerprint density at radius 2 is 2.05 bits per heavy atom. The normalized spacial score (nSPS) is 12.2. The zero-order valence-corrected chi connectivity index (χ0v) is 13.1. The van der Waals surface area contributed by atoms with Crippen molar-refractivity contribution in [2.75, 3.05) is 33.8 Å². The molecule has 0 unspecified atom stereocenters. The van der Waals surface area contributed by atoms with Crippen molar-refractivity contribution < 1.29 is 13.5 Å². The minimum Gasteiger partial charge on any atom is -0.396 e. The van der Waals surface area contributed by atoms with Crippen molar-refractivity contribution in [3.8, 4) is 0 Å². The van der Waals surface area contributed by atoms with E-state index in [0.717, 1.165) is 24.3 Å². The van der Waals surface area contributed by atoms with Gasteiger partial charge in [0.25, 0.3) is 0 Å². The van der Waals surface area contributed by atoms with Crippen LogP contribution in [0.1, 0.15) is 17.7 Å². The van der Waals surface area contributed by atoms with E-state index >= 15 is 0 Å². The summed E-state index contributed by atoms with van der Waals surface area (Å²) in [5, 5.41) is 8.81. The number of hydrogen-bond donors (Lipinski definition) is 2. The van der Waals surface area contributed by atoms with Crippen LogP contribution in [0.25, 0.3) is 0 Å². The van der Waals surface area contributed by atoms with Gasteiger partial charge >= 0.3 is 0 Å². The highest BCUT2D eigenvalue weighted by Gasteiger charge is 2.15. The minimum atomic E-state index is -3.39. The van der Waals surface area contributed by atoms with Crippen LogP contribution in [0.5, 0.6) is 0 Å². The van der Waals surface area contributed by atoms with Gasteiger partial charge in [0.2, 0.25) is 10.0 Å². The monoisotopic (exact) mass is 306 g/mol. The molecule has 0 bridgehead atoms. The van der Waals surface area contributed by atoms with Crippen molar-refractivity contribution in [1.29, 1.82) is 0 Å². The molecule has 1 aromatic heterocycles. The molecular formula is C12H22N2O3S2. The van der Waals surface area contributed by atoms with Gasteiger partial charge in [-0.25, -0.2) is 13.1 Å². The maximum Gasteiger partial charge on any atom is 0.250 e. The van der Waals surface area contributed by atoms with E-state index in [0.29, 0.717) is 17.2 Å². The van der Waals surface area contributed by atoms with Crippen LogP contribution in [0, 0.1) is 0 Å². The summed E-state index contributed by atoms with van der Waals surface area (Å²) in [6, 6.07) is 3.35. The zero-order chi connectivity index (χ0) is 14.3. The number of aliphatic hydroxyl groups is 1. The zero-order valence-electron chi connectivity index (χ0n) is 11.4. The number of nitrogens with zero attached hydrogens (tertiary/aromatic N) is 1. The molecule has 0 saturated carbocycles. The van der Waals surface area contributed by atoms with Crippen LogP contribution in [0.4, 0.5) is 0 Å². The third-order valence-electron chi connectivity index (χ3n) is 2.58. The van der Waals surface area contributed by atoms with Crippen molar-refractivity contribution >= 4 is 21.4 Å². The Labute approximate surface area is 119 Å². The summed E-state index contributed by atoms with van der Waals surface area (Å²) in [7, 11) is 0.612. The van der Waals surface area contributed by atoms with Crippen molar-refractivity contribution in [2.24, 2.45) is 0 Å². The number of nitrogens with one attached hydrogen (secondary N) is 1. The van der Waals surface area contributed by atoms with Gasteiger partial charge in [0.15, 0.2) is 0 Å². The van der Waals surface area contributed by atoms with E-state index in [1.54, 1.807) is 12.1 Å². The Hall–Kier alpha value is -0.470. The average molecular weight is 306 g/mol. The van der Waals surface area contributed by atoms with Crippen LogP contribution in [-0.2, 0) is 16.4 Å². The van der Waals surface area contributed by atoms with E-state index in [4.69, 9.17) is 5.11 Å². The fraction of sp³-hybridized carbons (Fsp3) is 0.667. The molecule has 0 aliphatic heterocycles. The number of hydrogen-bond acceptors (Lipinski definition) is 5. The summed E-state index contributed by atoms with van der Waals surface area (Å²) in [4.78, 5) is 2.96. The lowest BCUT2D eigenvalue weighted by Crippen LogP contribution is -2.24. The van der Waals surface area contributed by atoms with E-state index in [-0.39, 0.29) is 6.61 Å². The van der Waals surface area contributed by atoms with Crippen LogP contribution < -0.4 is 4.72 Å². The fourth-order valence-electron chi connectivity index (χ4n) is 1.58. The fourth-order valence-corrected chi connectivity index (χ4v) is 4.04. The molecule has 110 valence electrons. The predicted octanol–water partition coefficient (Wildman–Crippen LogP) is 0.903. The first kappa shape index (κ1) is 16.6. The Bertz CT molecular complexity index is 469. The molecule has 0 aliphatic carbocycles.